The molecule has 0 radical (unpaired) electrons. The van der Waals surface area contributed by atoms with E-state index in [4.69, 9.17) is 0 Å². The van der Waals surface area contributed by atoms with Gasteiger partial charge in [-0.3, -0.25) is 4.68 Å². The lowest BCUT2D eigenvalue weighted by Crippen LogP contribution is -2.44. The number of anilines is 1. The van der Waals surface area contributed by atoms with Crippen LogP contribution in [0.2, 0.25) is 0 Å². The highest BCUT2D eigenvalue weighted by Crippen LogP contribution is 2.43. The number of amides is 2. The molecule has 2 aromatic rings. The molecule has 0 atom stereocenters. The highest BCUT2D eigenvalue weighted by molar-refractivity contribution is 8.00. The van der Waals surface area contributed by atoms with Gasteiger partial charge >= 0.3 is 12.2 Å². The minimum atomic E-state index is -4.47. The van der Waals surface area contributed by atoms with Crippen molar-refractivity contribution in [3.05, 3.63) is 36.0 Å². The van der Waals surface area contributed by atoms with Crippen molar-refractivity contribution in [1.82, 2.24) is 19.7 Å². The van der Waals surface area contributed by atoms with Crippen LogP contribution in [0.1, 0.15) is 32.4 Å². The average Bonchev–Trinajstić information content (AvgIpc) is 3.04. The summed E-state index contributed by atoms with van der Waals surface area (Å²) in [5.41, 5.74) is -0.485. The highest BCUT2D eigenvalue weighted by Gasteiger charge is 2.38. The molecule has 0 unspecified atom stereocenters. The Balaban J connectivity index is 1.57. The second-order valence-electron chi connectivity index (χ2n) is 7.76. The van der Waals surface area contributed by atoms with Crippen molar-refractivity contribution >= 4 is 23.5 Å². The number of rotatable bonds is 4. The maximum atomic E-state index is 12.9. The summed E-state index contributed by atoms with van der Waals surface area (Å²) in [6.45, 7) is 5.05. The van der Waals surface area contributed by atoms with E-state index in [1.165, 1.54) is 41.8 Å². The number of pyridine rings is 1. The summed E-state index contributed by atoms with van der Waals surface area (Å²) >= 11 is 1.37. The molecule has 164 valence electrons. The summed E-state index contributed by atoms with van der Waals surface area (Å²) in [4.78, 5) is 17.6. The van der Waals surface area contributed by atoms with Crippen LogP contribution in [0.25, 0.3) is 0 Å². The number of likely N-dealkylation sites (tertiary alicyclic amines) is 1. The lowest BCUT2D eigenvalue weighted by atomic mass is 9.86. The van der Waals surface area contributed by atoms with Gasteiger partial charge in [0, 0.05) is 31.0 Å². The number of carbonyl (C=O) groups excluding carboxylic acids is 1. The Kier molecular flexibility index (Phi) is 6.30. The fraction of sp³-hybridized carbons (Fsp3) is 0.526. The first-order chi connectivity index (χ1) is 14.0. The number of aryl methyl sites for hydroxylation is 1. The maximum Gasteiger partial charge on any atom is 0.435 e. The number of aromatic nitrogens is 3. The molecule has 1 aliphatic rings. The van der Waals surface area contributed by atoms with Crippen LogP contribution in [0.15, 0.2) is 29.4 Å². The monoisotopic (exact) mass is 445 g/mol. The Labute approximate surface area is 176 Å². The van der Waals surface area contributed by atoms with Gasteiger partial charge in [0.25, 0.3) is 0 Å². The van der Waals surface area contributed by atoms with Crippen LogP contribution in [0.5, 0.6) is 0 Å². The predicted octanol–water partition coefficient (Wildman–Crippen LogP) is 4.79. The van der Waals surface area contributed by atoms with Gasteiger partial charge in [-0.25, -0.2) is 9.78 Å². The molecule has 0 bridgehead atoms. The summed E-state index contributed by atoms with van der Waals surface area (Å²) in [7, 11) is 1.50. The lowest BCUT2D eigenvalue weighted by Gasteiger charge is -2.40. The van der Waals surface area contributed by atoms with Crippen LogP contribution in [-0.4, -0.2) is 43.5 Å². The minimum Gasteiger partial charge on any atom is -0.325 e. The van der Waals surface area contributed by atoms with Gasteiger partial charge in [0.15, 0.2) is 5.69 Å². The quantitative estimate of drug-likeness (QED) is 0.418. The Morgan fingerprint density at radius 3 is 2.43 bits per heavy atom. The van der Waals surface area contributed by atoms with Crippen LogP contribution >= 0.6 is 11.8 Å². The topological polar surface area (TPSA) is 63.1 Å². The number of hydrogen-bond donors (Lipinski definition) is 1. The van der Waals surface area contributed by atoms with Crippen molar-refractivity contribution in [3.63, 3.8) is 0 Å². The summed E-state index contributed by atoms with van der Waals surface area (Å²) in [5.74, 6) is -0.410. The molecule has 1 N–H and O–H groups in total. The van der Waals surface area contributed by atoms with Gasteiger partial charge in [0.1, 0.15) is 0 Å². The number of halogens is 4. The minimum absolute atomic E-state index is 0.211. The van der Waals surface area contributed by atoms with Crippen LogP contribution in [0.4, 0.5) is 28.0 Å². The number of carbonyl (C=O) groups is 1. The number of nitrogens with one attached hydrogen (secondary N) is 1. The molecule has 6 nitrogen and oxygen atoms in total. The molecule has 0 aliphatic carbocycles. The van der Waals surface area contributed by atoms with E-state index in [2.05, 4.69) is 15.4 Å². The first-order valence-electron chi connectivity index (χ1n) is 9.43. The van der Waals surface area contributed by atoms with Crippen molar-refractivity contribution < 1.29 is 22.4 Å². The Hall–Kier alpha value is -2.30. The first kappa shape index (κ1) is 22.4. The molecule has 3 rings (SSSR count). The van der Waals surface area contributed by atoms with Gasteiger partial charge in [-0.2, -0.15) is 22.7 Å². The second-order valence-corrected chi connectivity index (χ2v) is 9.43. The van der Waals surface area contributed by atoms with E-state index in [0.717, 1.165) is 18.9 Å². The number of piperidine rings is 1. The lowest BCUT2D eigenvalue weighted by molar-refractivity contribution is -0.141. The maximum absolute atomic E-state index is 12.9. The van der Waals surface area contributed by atoms with Gasteiger partial charge in [-0.1, -0.05) is 13.8 Å². The fourth-order valence-electron chi connectivity index (χ4n) is 3.47. The smallest absolute Gasteiger partial charge is 0.325 e. The summed E-state index contributed by atoms with van der Waals surface area (Å²) in [6, 6.07) is 3.40. The standard InChI is InChI=1S/C19H23F4N5OS/c1-18(2,30-16-10-14(19(21,22)23)26-27(16)3)12-6-8-28(9-7-12)17(29)25-13-4-5-15(20)24-11-13/h4-5,10-12H,6-9H2,1-3H3,(H,25,29). The molecule has 2 amide bonds. The molecule has 3 heterocycles. The number of thioether (sulfide) groups is 1. The third-order valence-corrected chi connectivity index (χ3v) is 6.69. The van der Waals surface area contributed by atoms with Crippen molar-refractivity contribution in [3.8, 4) is 0 Å². The molecule has 2 aromatic heterocycles. The Morgan fingerprint density at radius 2 is 1.90 bits per heavy atom. The normalized spacial score (nSPS) is 16.0. The van der Waals surface area contributed by atoms with Gasteiger partial charge in [0.2, 0.25) is 5.95 Å². The van der Waals surface area contributed by atoms with Gasteiger partial charge in [-0.15, -0.1) is 11.8 Å². The van der Waals surface area contributed by atoms with Crippen LogP contribution < -0.4 is 5.32 Å². The molecular formula is C19H23F4N5OS. The van der Waals surface area contributed by atoms with Crippen molar-refractivity contribution in [2.45, 2.75) is 42.6 Å². The molecule has 0 saturated carbocycles. The van der Waals surface area contributed by atoms with Crippen molar-refractivity contribution in [2.24, 2.45) is 13.0 Å². The third-order valence-electron chi connectivity index (χ3n) is 5.24. The number of urea groups is 1. The molecule has 1 saturated heterocycles. The third kappa shape index (κ3) is 5.24. The second kappa shape index (κ2) is 8.44. The number of hydrogen-bond acceptors (Lipinski definition) is 4. The molecule has 30 heavy (non-hydrogen) atoms. The molecular weight excluding hydrogens is 422 g/mol. The van der Waals surface area contributed by atoms with Gasteiger partial charge in [0.05, 0.1) is 16.9 Å². The highest BCUT2D eigenvalue weighted by atomic mass is 32.2. The Bertz CT molecular complexity index is 889. The molecule has 11 heteroatoms. The van der Waals surface area contributed by atoms with Crippen LogP contribution in [0.3, 0.4) is 0 Å². The van der Waals surface area contributed by atoms with E-state index in [9.17, 15) is 22.4 Å². The molecule has 0 spiro atoms. The summed E-state index contributed by atoms with van der Waals surface area (Å²) < 4.78 is 52.5. The van der Waals surface area contributed by atoms with E-state index in [1.54, 1.807) is 4.90 Å². The first-order valence-corrected chi connectivity index (χ1v) is 10.2. The zero-order valence-electron chi connectivity index (χ0n) is 16.8. The number of nitrogens with zero attached hydrogens (tertiary/aromatic N) is 4. The van der Waals surface area contributed by atoms with Crippen LogP contribution in [-0.2, 0) is 13.2 Å². The van der Waals surface area contributed by atoms with Crippen molar-refractivity contribution in [2.75, 3.05) is 18.4 Å². The van der Waals surface area contributed by atoms with E-state index in [-0.39, 0.29) is 16.7 Å². The van der Waals surface area contributed by atoms with E-state index < -0.39 is 17.8 Å². The van der Waals surface area contributed by atoms with Gasteiger partial charge < -0.3 is 10.2 Å². The SMILES string of the molecule is Cn1nc(C(F)(F)F)cc1SC(C)(C)C1CCN(C(=O)Nc2ccc(F)nc2)CC1. The predicted molar refractivity (Wildman–Crippen MR) is 106 cm³/mol. The summed E-state index contributed by atoms with van der Waals surface area (Å²) in [6.07, 6.45) is -1.78. The zero-order chi connectivity index (χ0) is 22.1. The number of alkyl halides is 3. The zero-order valence-corrected chi connectivity index (χ0v) is 17.6. The largest absolute Gasteiger partial charge is 0.435 e. The summed E-state index contributed by atoms with van der Waals surface area (Å²) in [5, 5.41) is 6.72. The molecule has 0 aromatic carbocycles. The van der Waals surface area contributed by atoms with Crippen LogP contribution in [0, 0.1) is 11.9 Å². The average molecular weight is 445 g/mol. The van der Waals surface area contributed by atoms with E-state index >= 15 is 0 Å². The molecule has 1 fully saturated rings. The van der Waals surface area contributed by atoms with E-state index in [0.29, 0.717) is 23.8 Å². The fourth-order valence-corrected chi connectivity index (χ4v) is 4.75. The van der Waals surface area contributed by atoms with Gasteiger partial charge in [-0.05, 0) is 30.9 Å². The van der Waals surface area contributed by atoms with Crippen molar-refractivity contribution in [1.29, 1.82) is 0 Å². The molecule has 1 aliphatic heterocycles. The van der Waals surface area contributed by atoms with E-state index in [1.807, 2.05) is 13.8 Å². The Morgan fingerprint density at radius 1 is 1.23 bits per heavy atom.